The molecule has 0 radical (unpaired) electrons. The van der Waals surface area contributed by atoms with E-state index in [4.69, 9.17) is 19.2 Å². The number of ether oxygens (including phenoxy) is 3. The molecular weight excluding hydrogens is 1060 g/mol. The fraction of sp³-hybridized carbons (Fsp3) is 0.500. The molecule has 21 heteroatoms. The van der Waals surface area contributed by atoms with Crippen LogP contribution in [0.15, 0.2) is 84.0 Å². The molecule has 4 aromatic heterocycles. The zero-order valence-electron chi connectivity index (χ0n) is 46.8. The van der Waals surface area contributed by atoms with Gasteiger partial charge >= 0.3 is 5.69 Å². The van der Waals surface area contributed by atoms with E-state index in [-0.39, 0.29) is 63.8 Å². The first-order chi connectivity index (χ1) is 38.9. The predicted molar refractivity (Wildman–Crippen MR) is 305 cm³/mol. The lowest BCUT2D eigenvalue weighted by Gasteiger charge is -2.58. The first-order valence-electron chi connectivity index (χ1n) is 28.5. The van der Waals surface area contributed by atoms with Crippen LogP contribution in [0.5, 0.6) is 23.3 Å². The third kappa shape index (κ3) is 12.0. The van der Waals surface area contributed by atoms with Gasteiger partial charge in [-0.05, 0) is 131 Å². The summed E-state index contributed by atoms with van der Waals surface area (Å²) in [6, 6.07) is 21.1. The van der Waals surface area contributed by atoms with E-state index in [1.807, 2.05) is 0 Å². The molecule has 6 heterocycles. The number of amides is 1. The lowest BCUT2D eigenvalue weighted by Crippen LogP contribution is -2.60. The average Bonchev–Trinajstić information content (AvgIpc) is 4.30. The normalized spacial score (nSPS) is 21.7. The Balaban J connectivity index is 0.804. The number of nitrogens with one attached hydrogen (secondary N) is 3. The number of anilines is 2. The van der Waals surface area contributed by atoms with E-state index in [1.54, 1.807) is 33.1 Å². The van der Waals surface area contributed by atoms with Crippen molar-refractivity contribution >= 4 is 44.2 Å². The summed E-state index contributed by atoms with van der Waals surface area (Å²) in [6.45, 7) is 13.6. The maximum Gasteiger partial charge on any atom is 0.312 e. The van der Waals surface area contributed by atoms with Gasteiger partial charge in [0.05, 0.1) is 47.1 Å². The number of aromatic amines is 1. The fourth-order valence-corrected chi connectivity index (χ4v) is 13.7. The number of benzene rings is 2. The number of pyridine rings is 3. The second-order valence-electron chi connectivity index (χ2n) is 23.6. The molecular formula is C60H73FN10O9S. The third-order valence-electron chi connectivity index (χ3n) is 17.6. The van der Waals surface area contributed by atoms with Gasteiger partial charge in [0.2, 0.25) is 11.7 Å². The molecule has 4 N–H and O–H groups in total. The van der Waals surface area contributed by atoms with E-state index in [2.05, 4.69) is 89.9 Å². The smallest absolute Gasteiger partial charge is 0.312 e. The standard InChI is InChI=1S/C60H73FN10O9S/c1-6-79-58-53(29-48-49(61)34-64-54(48)66-58)80-52-27-41(14-16-47(52)56(72)67-81(76,77)43-28-50(71(74)75)55(63-33-43)62-32-38-17-19-59(4,73)20-18-38)69-23-21-60(22-24-69)30-42(31-60)70-26-25-68(36-51(70)46-10-8-7-9-44(46)37(2)3)35-40-13-15-45(39-11-12-39)57(65-40)78-5/h7-10,13-16,27-29,33-34,37-39,42,51,73H,6,11-12,17-26,30-32,35-36H2,1-5H3,(H,62,63)(H,64,66)(H,67,72)/t38?,51-,59?/m0/s1. The number of carbonyl (C=O) groups is 1. The minimum atomic E-state index is -4.75. The molecule has 11 rings (SSSR count). The predicted octanol–water partition coefficient (Wildman–Crippen LogP) is 10.4. The van der Waals surface area contributed by atoms with Crippen LogP contribution in [0.4, 0.5) is 21.6 Å². The van der Waals surface area contributed by atoms with E-state index in [9.17, 15) is 28.4 Å². The van der Waals surface area contributed by atoms with Crippen molar-refractivity contribution in [2.45, 2.75) is 133 Å². The van der Waals surface area contributed by atoms with Crippen LogP contribution in [0, 0.1) is 27.3 Å². The van der Waals surface area contributed by atoms with E-state index in [0.29, 0.717) is 50.1 Å². The van der Waals surface area contributed by atoms with Gasteiger partial charge in [0.25, 0.3) is 21.8 Å². The molecule has 81 heavy (non-hydrogen) atoms. The Kier molecular flexibility index (Phi) is 15.7. The van der Waals surface area contributed by atoms with Crippen LogP contribution >= 0.6 is 0 Å². The minimum absolute atomic E-state index is 0.00823. The first-order valence-corrected chi connectivity index (χ1v) is 30.0. The zero-order valence-corrected chi connectivity index (χ0v) is 47.6. The summed E-state index contributed by atoms with van der Waals surface area (Å²) in [5, 5.41) is 25.8. The first kappa shape index (κ1) is 55.9. The number of carbonyl (C=O) groups excluding carboxylic acids is 1. The highest BCUT2D eigenvalue weighted by Crippen LogP contribution is 2.54. The van der Waals surface area contributed by atoms with Gasteiger partial charge in [-0.2, -0.15) is 4.98 Å². The molecule has 5 fully saturated rings. The molecule has 430 valence electrons. The van der Waals surface area contributed by atoms with Crippen molar-refractivity contribution in [2.75, 3.05) is 63.2 Å². The molecule has 2 aromatic carbocycles. The van der Waals surface area contributed by atoms with Crippen LogP contribution in [-0.2, 0) is 16.6 Å². The summed E-state index contributed by atoms with van der Waals surface area (Å²) in [5.41, 5.74) is 4.60. The van der Waals surface area contributed by atoms with Crippen LogP contribution in [0.2, 0.25) is 0 Å². The van der Waals surface area contributed by atoms with Gasteiger partial charge in [0, 0.05) is 93.5 Å². The van der Waals surface area contributed by atoms with Crippen LogP contribution in [0.3, 0.4) is 0 Å². The van der Waals surface area contributed by atoms with Gasteiger partial charge in [-0.3, -0.25) is 24.7 Å². The van der Waals surface area contributed by atoms with Crippen molar-refractivity contribution in [1.29, 1.82) is 0 Å². The molecule has 1 atom stereocenters. The van der Waals surface area contributed by atoms with Crippen LogP contribution in [0.25, 0.3) is 11.0 Å². The van der Waals surface area contributed by atoms with E-state index < -0.39 is 42.9 Å². The number of piperazine rings is 1. The number of halogens is 1. The van der Waals surface area contributed by atoms with Crippen LogP contribution < -0.4 is 29.1 Å². The maximum absolute atomic E-state index is 15.0. The van der Waals surface area contributed by atoms with E-state index in [0.717, 1.165) is 101 Å². The number of methoxy groups -OCH3 is 1. The largest absolute Gasteiger partial charge is 0.481 e. The highest BCUT2D eigenvalue weighted by Gasteiger charge is 2.50. The molecule has 1 amide bonds. The quantitative estimate of drug-likeness (QED) is 0.0436. The fourth-order valence-electron chi connectivity index (χ4n) is 12.8. The molecule has 19 nitrogen and oxygen atoms in total. The number of aromatic nitrogens is 4. The maximum atomic E-state index is 15.0. The van der Waals surface area contributed by atoms with Gasteiger partial charge in [-0.25, -0.2) is 27.5 Å². The highest BCUT2D eigenvalue weighted by molar-refractivity contribution is 7.90. The van der Waals surface area contributed by atoms with Crippen molar-refractivity contribution in [2.24, 2.45) is 11.3 Å². The second-order valence-corrected chi connectivity index (χ2v) is 25.3. The second kappa shape index (κ2) is 22.8. The lowest BCUT2D eigenvalue weighted by atomic mass is 9.59. The van der Waals surface area contributed by atoms with E-state index in [1.165, 1.54) is 41.7 Å². The lowest BCUT2D eigenvalue weighted by molar-refractivity contribution is -0.384. The van der Waals surface area contributed by atoms with Gasteiger partial charge in [0.15, 0.2) is 5.75 Å². The number of fused-ring (bicyclic) bond motifs is 1. The number of piperidine rings is 1. The Morgan fingerprint density at radius 3 is 2.43 bits per heavy atom. The highest BCUT2D eigenvalue weighted by atomic mass is 32.2. The summed E-state index contributed by atoms with van der Waals surface area (Å²) in [4.78, 5) is 49.1. The van der Waals surface area contributed by atoms with Gasteiger partial charge in [-0.15, -0.1) is 0 Å². The summed E-state index contributed by atoms with van der Waals surface area (Å²) in [5.74, 6) is -0.000230. The monoisotopic (exact) mass is 1130 g/mol. The molecule has 5 aliphatic rings. The number of H-pyrrole nitrogens is 1. The minimum Gasteiger partial charge on any atom is -0.481 e. The van der Waals surface area contributed by atoms with Crippen molar-refractivity contribution < 1.29 is 41.8 Å². The molecule has 6 aromatic rings. The number of aliphatic hydroxyl groups is 1. The topological polar surface area (TPSA) is 231 Å². The summed E-state index contributed by atoms with van der Waals surface area (Å²) < 4.78 is 63.1. The van der Waals surface area contributed by atoms with E-state index >= 15 is 4.39 Å². The summed E-state index contributed by atoms with van der Waals surface area (Å²) in [7, 11) is -3.03. The number of hydrogen-bond acceptors (Lipinski definition) is 16. The molecule has 0 bridgehead atoms. The molecule has 3 saturated carbocycles. The Morgan fingerprint density at radius 1 is 0.951 bits per heavy atom. The molecule has 2 aliphatic heterocycles. The van der Waals surface area contributed by atoms with Gasteiger partial charge in [0.1, 0.15) is 22.1 Å². The van der Waals surface area contributed by atoms with Crippen molar-refractivity contribution in [3.63, 3.8) is 0 Å². The van der Waals surface area contributed by atoms with Crippen molar-refractivity contribution in [3.8, 4) is 23.3 Å². The number of hydrogen-bond donors (Lipinski definition) is 4. The van der Waals surface area contributed by atoms with Gasteiger partial charge < -0.3 is 34.5 Å². The summed E-state index contributed by atoms with van der Waals surface area (Å²) in [6.07, 6.45) is 11.2. The van der Waals surface area contributed by atoms with Crippen LogP contribution in [0.1, 0.15) is 143 Å². The van der Waals surface area contributed by atoms with Gasteiger partial charge in [-0.1, -0.05) is 44.2 Å². The van der Waals surface area contributed by atoms with Crippen molar-refractivity contribution in [1.82, 2.24) is 34.5 Å². The van der Waals surface area contributed by atoms with Crippen molar-refractivity contribution in [3.05, 3.63) is 123 Å². The number of sulfonamides is 1. The molecule has 0 unspecified atom stereocenters. The Morgan fingerprint density at radius 2 is 1.72 bits per heavy atom. The summed E-state index contributed by atoms with van der Waals surface area (Å²) >= 11 is 0. The number of nitrogens with zero attached hydrogens (tertiary/aromatic N) is 7. The number of rotatable bonds is 19. The Hall–Kier alpha value is -6.94. The molecule has 1 spiro atoms. The number of nitro groups is 1. The molecule has 2 saturated heterocycles. The third-order valence-corrected chi connectivity index (χ3v) is 18.9. The SMILES string of the molecule is CCOc1nc2[nH]cc(F)c2cc1Oc1cc(N2CCC3(CC2)CC(N2CCN(Cc4ccc(C5CC5)c(OC)n4)C[C@H]2c2ccccc2C(C)C)C3)ccc1C(=O)NS(=O)(=O)c1cnc(NCC2CCC(C)(O)CC2)c([N+](=O)[O-])c1. The van der Waals surface area contributed by atoms with Crippen LogP contribution in [-0.4, -0.2) is 119 Å². The average molecular weight is 1130 g/mol. The Labute approximate surface area is 472 Å². The molecule has 3 aliphatic carbocycles. The Bertz CT molecular complexity index is 3420. The zero-order chi connectivity index (χ0) is 56.8.